The maximum Gasteiger partial charge on any atom is 0.272 e. The third-order valence-corrected chi connectivity index (χ3v) is 3.49. The molecule has 5 heteroatoms. The molecule has 0 aliphatic rings. The van der Waals surface area contributed by atoms with Crippen LogP contribution in [0.5, 0.6) is 0 Å². The summed E-state index contributed by atoms with van der Waals surface area (Å²) in [5, 5.41) is 5.14. The molecule has 1 amide bonds. The molecule has 1 N–H and O–H groups in total. The Morgan fingerprint density at radius 3 is 2.68 bits per heavy atom. The monoisotopic (exact) mass is 315 g/mol. The van der Waals surface area contributed by atoms with E-state index >= 15 is 0 Å². The quantitative estimate of drug-likeness (QED) is 0.789. The lowest BCUT2D eigenvalue weighted by atomic mass is 10.2. The van der Waals surface area contributed by atoms with Crippen LogP contribution >= 0.6 is 15.9 Å². The average molecular weight is 316 g/mol. The lowest BCUT2D eigenvalue weighted by Crippen LogP contribution is -2.24. The Morgan fingerprint density at radius 2 is 1.84 bits per heavy atom. The topological polar surface area (TPSA) is 46.9 Å². The van der Waals surface area contributed by atoms with E-state index in [0.29, 0.717) is 5.56 Å². The molecule has 0 bridgehead atoms. The maximum absolute atomic E-state index is 12.2. The predicted octanol–water partition coefficient (Wildman–Crippen LogP) is 3.18. The van der Waals surface area contributed by atoms with Gasteiger partial charge in [-0.1, -0.05) is 30.3 Å². The largest absolute Gasteiger partial charge is 0.272 e. The van der Waals surface area contributed by atoms with Crippen LogP contribution in [0.25, 0.3) is 10.9 Å². The number of fused-ring (bicyclic) bond motifs is 1. The maximum atomic E-state index is 12.2. The lowest BCUT2D eigenvalue weighted by Gasteiger charge is -2.07. The van der Waals surface area contributed by atoms with Crippen LogP contribution in [0.3, 0.4) is 0 Å². The van der Waals surface area contributed by atoms with Gasteiger partial charge in [0.25, 0.3) is 5.91 Å². The van der Waals surface area contributed by atoms with Gasteiger partial charge in [-0.2, -0.15) is 9.89 Å². The Balaban J connectivity index is 1.94. The smallest absolute Gasteiger partial charge is 0.267 e. The van der Waals surface area contributed by atoms with Crippen molar-refractivity contribution in [3.05, 3.63) is 64.8 Å². The molecule has 0 saturated carbocycles. The van der Waals surface area contributed by atoms with E-state index in [-0.39, 0.29) is 5.91 Å². The Bertz CT molecular complexity index is 751. The van der Waals surface area contributed by atoms with Crippen molar-refractivity contribution in [2.75, 3.05) is 5.43 Å². The van der Waals surface area contributed by atoms with Gasteiger partial charge >= 0.3 is 0 Å². The molecule has 94 valence electrons. The molecule has 0 aliphatic carbocycles. The van der Waals surface area contributed by atoms with Crippen LogP contribution < -0.4 is 5.43 Å². The van der Waals surface area contributed by atoms with Crippen molar-refractivity contribution in [2.24, 2.45) is 0 Å². The number of nitrogens with zero attached hydrogens (tertiary/aromatic N) is 2. The van der Waals surface area contributed by atoms with E-state index in [2.05, 4.69) is 26.5 Å². The van der Waals surface area contributed by atoms with Crippen LogP contribution in [-0.4, -0.2) is 15.8 Å². The van der Waals surface area contributed by atoms with Gasteiger partial charge in [0, 0.05) is 9.86 Å². The Labute approximate surface area is 118 Å². The fraction of sp³-hybridized carbons (Fsp3) is 0. The highest BCUT2D eigenvalue weighted by Crippen LogP contribution is 2.16. The number of hydrogen-bond donors (Lipinski definition) is 1. The molecule has 3 rings (SSSR count). The third-order valence-electron chi connectivity index (χ3n) is 2.80. The Hall–Kier alpha value is -2.14. The van der Waals surface area contributed by atoms with Gasteiger partial charge in [0.15, 0.2) is 0 Å². The molecule has 4 nitrogen and oxygen atoms in total. The minimum Gasteiger partial charge on any atom is -0.267 e. The van der Waals surface area contributed by atoms with Gasteiger partial charge in [0.05, 0.1) is 17.3 Å². The first-order valence-electron chi connectivity index (χ1n) is 5.74. The molecule has 1 aromatic heterocycles. The molecular weight excluding hydrogens is 306 g/mol. The highest BCUT2D eigenvalue weighted by atomic mass is 79.9. The van der Waals surface area contributed by atoms with Crippen molar-refractivity contribution >= 4 is 32.7 Å². The van der Waals surface area contributed by atoms with Gasteiger partial charge in [-0.05, 0) is 34.1 Å². The van der Waals surface area contributed by atoms with Crippen molar-refractivity contribution < 1.29 is 4.79 Å². The van der Waals surface area contributed by atoms with Gasteiger partial charge in [0.2, 0.25) is 0 Å². The van der Waals surface area contributed by atoms with Crippen LogP contribution in [-0.2, 0) is 0 Å². The van der Waals surface area contributed by atoms with E-state index in [0.717, 1.165) is 15.4 Å². The van der Waals surface area contributed by atoms with Crippen LogP contribution in [0.1, 0.15) is 10.4 Å². The lowest BCUT2D eigenvalue weighted by molar-refractivity contribution is 0.101. The fourth-order valence-electron chi connectivity index (χ4n) is 1.86. The molecular formula is C14H10BrN3O. The fourth-order valence-corrected chi connectivity index (χ4v) is 2.33. The molecule has 0 atom stereocenters. The molecule has 0 spiro atoms. The third kappa shape index (κ3) is 2.24. The molecule has 0 aliphatic heterocycles. The number of halogens is 1. The molecule has 0 radical (unpaired) electrons. The normalized spacial score (nSPS) is 10.6. The number of carbonyl (C=O) groups is 1. The van der Waals surface area contributed by atoms with Crippen molar-refractivity contribution in [3.8, 4) is 0 Å². The van der Waals surface area contributed by atoms with Crippen molar-refractivity contribution in [1.82, 2.24) is 9.89 Å². The van der Waals surface area contributed by atoms with Gasteiger partial charge < -0.3 is 0 Å². The second-order valence-electron chi connectivity index (χ2n) is 4.04. The second kappa shape index (κ2) is 4.85. The standard InChI is InChI=1S/C14H10BrN3O/c15-12-7-3-2-6-11(12)14(19)17-18-13-8-4-1-5-10(13)9-16-18/h1-9H,(H,17,19). The van der Waals surface area contributed by atoms with Crippen molar-refractivity contribution in [1.29, 1.82) is 0 Å². The van der Waals surface area contributed by atoms with Crippen molar-refractivity contribution in [3.63, 3.8) is 0 Å². The van der Waals surface area contributed by atoms with E-state index in [4.69, 9.17) is 0 Å². The SMILES string of the molecule is O=C(Nn1ncc2ccccc21)c1ccccc1Br. The second-order valence-corrected chi connectivity index (χ2v) is 4.89. The summed E-state index contributed by atoms with van der Waals surface area (Å²) in [4.78, 5) is 13.7. The van der Waals surface area contributed by atoms with Gasteiger partial charge in [-0.15, -0.1) is 0 Å². The summed E-state index contributed by atoms with van der Waals surface area (Å²) in [7, 11) is 0. The first-order chi connectivity index (χ1) is 9.25. The van der Waals surface area contributed by atoms with Gasteiger partial charge in [0.1, 0.15) is 0 Å². The summed E-state index contributed by atoms with van der Waals surface area (Å²) in [5.41, 5.74) is 4.19. The number of hydrogen-bond acceptors (Lipinski definition) is 2. The summed E-state index contributed by atoms with van der Waals surface area (Å²) in [6, 6.07) is 15.0. The van der Waals surface area contributed by atoms with Crippen molar-refractivity contribution in [2.45, 2.75) is 0 Å². The zero-order valence-electron chi connectivity index (χ0n) is 9.88. The number of aromatic nitrogens is 2. The molecule has 2 aromatic carbocycles. The summed E-state index contributed by atoms with van der Waals surface area (Å²) in [5.74, 6) is -0.207. The van der Waals surface area contributed by atoms with Crippen LogP contribution in [0.4, 0.5) is 0 Å². The number of carbonyl (C=O) groups excluding carboxylic acids is 1. The summed E-state index contributed by atoms with van der Waals surface area (Å²) in [6.45, 7) is 0. The predicted molar refractivity (Wildman–Crippen MR) is 77.6 cm³/mol. The Kier molecular flexibility index (Phi) is 3.05. The molecule has 19 heavy (non-hydrogen) atoms. The molecule has 1 heterocycles. The molecule has 0 fully saturated rings. The number of nitrogens with one attached hydrogen (secondary N) is 1. The highest BCUT2D eigenvalue weighted by molar-refractivity contribution is 9.10. The van der Waals surface area contributed by atoms with Gasteiger partial charge in [-0.25, -0.2) is 5.43 Å². The van der Waals surface area contributed by atoms with Crippen LogP contribution in [0.2, 0.25) is 0 Å². The Morgan fingerprint density at radius 1 is 1.11 bits per heavy atom. The molecule has 3 aromatic rings. The highest BCUT2D eigenvalue weighted by Gasteiger charge is 2.11. The van der Waals surface area contributed by atoms with E-state index < -0.39 is 0 Å². The average Bonchev–Trinajstić information content (AvgIpc) is 2.83. The zero-order valence-corrected chi connectivity index (χ0v) is 11.5. The van der Waals surface area contributed by atoms with Gasteiger partial charge in [-0.3, -0.25) is 4.79 Å². The molecule has 0 unspecified atom stereocenters. The van der Waals surface area contributed by atoms with E-state index in [1.165, 1.54) is 4.79 Å². The number of benzene rings is 2. The minimum atomic E-state index is -0.207. The first kappa shape index (κ1) is 11.9. The van der Waals surface area contributed by atoms with E-state index in [1.807, 2.05) is 42.5 Å². The first-order valence-corrected chi connectivity index (χ1v) is 6.53. The van der Waals surface area contributed by atoms with E-state index in [1.54, 1.807) is 12.3 Å². The van der Waals surface area contributed by atoms with Crippen LogP contribution in [0.15, 0.2) is 59.2 Å². The van der Waals surface area contributed by atoms with Crippen LogP contribution in [0, 0.1) is 0 Å². The summed E-state index contributed by atoms with van der Waals surface area (Å²) in [6.07, 6.45) is 1.72. The number of amides is 1. The number of rotatable bonds is 2. The number of para-hydroxylation sites is 1. The summed E-state index contributed by atoms with van der Waals surface area (Å²) >= 11 is 3.36. The summed E-state index contributed by atoms with van der Waals surface area (Å²) < 4.78 is 0.754. The minimum absolute atomic E-state index is 0.207. The molecule has 0 saturated heterocycles. The zero-order chi connectivity index (χ0) is 13.2. The van der Waals surface area contributed by atoms with E-state index in [9.17, 15) is 4.79 Å².